The number of ether oxygens (including phenoxy) is 1. The third-order valence-electron chi connectivity index (χ3n) is 3.57. The molecule has 0 aliphatic carbocycles. The lowest BCUT2D eigenvalue weighted by molar-refractivity contribution is -0.384. The standard InChI is InChI=1S/C17H13N3O4/c1-24-17(21)16-14(11-7-9-13(10-8-11)20(22)23)15(18-19-16)12-5-3-2-4-6-12/h2-10H,1H3,(H,18,19). The van der Waals surface area contributed by atoms with Gasteiger partial charge in [-0.15, -0.1) is 0 Å². The predicted octanol–water partition coefficient (Wildman–Crippen LogP) is 3.44. The largest absolute Gasteiger partial charge is 0.464 e. The van der Waals surface area contributed by atoms with Crippen molar-refractivity contribution < 1.29 is 14.5 Å². The van der Waals surface area contributed by atoms with E-state index in [9.17, 15) is 14.9 Å². The third-order valence-corrected chi connectivity index (χ3v) is 3.57. The second-order valence-corrected chi connectivity index (χ2v) is 4.98. The summed E-state index contributed by atoms with van der Waals surface area (Å²) in [5, 5.41) is 17.8. The number of aromatic amines is 1. The number of methoxy groups -OCH3 is 1. The van der Waals surface area contributed by atoms with Gasteiger partial charge in [0, 0.05) is 23.3 Å². The highest BCUT2D eigenvalue weighted by molar-refractivity contribution is 5.99. The van der Waals surface area contributed by atoms with Crippen molar-refractivity contribution in [3.05, 3.63) is 70.4 Å². The molecule has 0 saturated carbocycles. The van der Waals surface area contributed by atoms with Crippen molar-refractivity contribution in [2.45, 2.75) is 0 Å². The van der Waals surface area contributed by atoms with Gasteiger partial charge in [0.25, 0.3) is 5.69 Å². The molecule has 1 N–H and O–H groups in total. The van der Waals surface area contributed by atoms with Crippen molar-refractivity contribution in [3.8, 4) is 22.4 Å². The maximum atomic E-state index is 12.0. The Kier molecular flexibility index (Phi) is 4.07. The van der Waals surface area contributed by atoms with Crippen molar-refractivity contribution in [1.82, 2.24) is 10.2 Å². The molecule has 7 nitrogen and oxygen atoms in total. The van der Waals surface area contributed by atoms with Crippen LogP contribution in [0.1, 0.15) is 10.5 Å². The number of aromatic nitrogens is 2. The van der Waals surface area contributed by atoms with Crippen LogP contribution in [0.25, 0.3) is 22.4 Å². The Morgan fingerprint density at radius 1 is 1.08 bits per heavy atom. The lowest BCUT2D eigenvalue weighted by atomic mass is 9.98. The average Bonchev–Trinajstić information content (AvgIpc) is 3.07. The van der Waals surface area contributed by atoms with Crippen molar-refractivity contribution in [2.75, 3.05) is 7.11 Å². The number of benzene rings is 2. The van der Waals surface area contributed by atoms with Gasteiger partial charge in [0.15, 0.2) is 5.69 Å². The Labute approximate surface area is 137 Å². The van der Waals surface area contributed by atoms with Gasteiger partial charge in [-0.2, -0.15) is 5.10 Å². The quantitative estimate of drug-likeness (QED) is 0.450. The molecule has 0 radical (unpaired) electrons. The number of carbonyl (C=O) groups is 1. The van der Waals surface area contributed by atoms with E-state index in [1.807, 2.05) is 30.3 Å². The van der Waals surface area contributed by atoms with Crippen LogP contribution in [0.2, 0.25) is 0 Å². The summed E-state index contributed by atoms with van der Waals surface area (Å²) in [4.78, 5) is 22.4. The lowest BCUT2D eigenvalue weighted by Crippen LogP contribution is -2.03. The number of esters is 1. The van der Waals surface area contributed by atoms with Crippen molar-refractivity contribution >= 4 is 11.7 Å². The highest BCUT2D eigenvalue weighted by Gasteiger charge is 2.22. The maximum Gasteiger partial charge on any atom is 0.356 e. The number of hydrogen-bond donors (Lipinski definition) is 1. The summed E-state index contributed by atoms with van der Waals surface area (Å²) >= 11 is 0. The van der Waals surface area contributed by atoms with Crippen LogP contribution in [0.4, 0.5) is 5.69 Å². The van der Waals surface area contributed by atoms with Gasteiger partial charge in [0.05, 0.1) is 12.0 Å². The molecular formula is C17H13N3O4. The van der Waals surface area contributed by atoms with Crippen molar-refractivity contribution in [2.24, 2.45) is 0 Å². The van der Waals surface area contributed by atoms with E-state index in [2.05, 4.69) is 10.2 Å². The van der Waals surface area contributed by atoms with E-state index in [0.717, 1.165) is 5.56 Å². The molecule has 0 saturated heterocycles. The second-order valence-electron chi connectivity index (χ2n) is 4.98. The molecule has 0 aliphatic rings. The molecule has 1 aromatic heterocycles. The van der Waals surface area contributed by atoms with E-state index in [1.54, 1.807) is 12.1 Å². The van der Waals surface area contributed by atoms with Crippen LogP contribution in [0.5, 0.6) is 0 Å². The minimum atomic E-state index is -0.557. The van der Waals surface area contributed by atoms with Gasteiger partial charge in [-0.3, -0.25) is 15.2 Å². The summed E-state index contributed by atoms with van der Waals surface area (Å²) in [6.45, 7) is 0. The monoisotopic (exact) mass is 323 g/mol. The molecule has 0 amide bonds. The van der Waals surface area contributed by atoms with Gasteiger partial charge >= 0.3 is 5.97 Å². The SMILES string of the molecule is COC(=O)c1[nH]nc(-c2ccccc2)c1-c1ccc([N+](=O)[O-])cc1. The molecule has 0 fully saturated rings. The lowest BCUT2D eigenvalue weighted by Gasteiger charge is -2.05. The Bertz CT molecular complexity index is 886. The number of carbonyl (C=O) groups excluding carboxylic acids is 1. The zero-order valence-electron chi connectivity index (χ0n) is 12.7. The Hall–Kier alpha value is -3.48. The zero-order valence-corrected chi connectivity index (χ0v) is 12.7. The summed E-state index contributed by atoms with van der Waals surface area (Å²) in [6, 6.07) is 15.3. The molecule has 3 rings (SSSR count). The molecule has 120 valence electrons. The third kappa shape index (κ3) is 2.74. The van der Waals surface area contributed by atoms with Gasteiger partial charge in [0.1, 0.15) is 5.69 Å². The molecule has 7 heteroatoms. The first kappa shape index (κ1) is 15.4. The number of nitro benzene ring substituents is 1. The van der Waals surface area contributed by atoms with Crippen LogP contribution >= 0.6 is 0 Å². The van der Waals surface area contributed by atoms with E-state index < -0.39 is 10.9 Å². The average molecular weight is 323 g/mol. The van der Waals surface area contributed by atoms with Crippen LogP contribution in [-0.4, -0.2) is 28.2 Å². The number of rotatable bonds is 4. The zero-order chi connectivity index (χ0) is 17.1. The maximum absolute atomic E-state index is 12.0. The number of non-ortho nitro benzene ring substituents is 1. The topological polar surface area (TPSA) is 98.1 Å². The van der Waals surface area contributed by atoms with Gasteiger partial charge in [-0.25, -0.2) is 4.79 Å². The molecule has 0 bridgehead atoms. The number of nitrogens with zero attached hydrogens (tertiary/aromatic N) is 2. The van der Waals surface area contributed by atoms with Gasteiger partial charge in [-0.1, -0.05) is 30.3 Å². The summed E-state index contributed by atoms with van der Waals surface area (Å²) in [7, 11) is 1.28. The van der Waals surface area contributed by atoms with E-state index in [-0.39, 0.29) is 11.4 Å². The molecule has 0 aliphatic heterocycles. The van der Waals surface area contributed by atoms with Crippen molar-refractivity contribution in [3.63, 3.8) is 0 Å². The predicted molar refractivity (Wildman–Crippen MR) is 87.5 cm³/mol. The first-order valence-electron chi connectivity index (χ1n) is 7.08. The highest BCUT2D eigenvalue weighted by Crippen LogP contribution is 2.34. The molecule has 3 aromatic rings. The smallest absolute Gasteiger partial charge is 0.356 e. The first-order valence-corrected chi connectivity index (χ1v) is 7.08. The number of hydrogen-bond acceptors (Lipinski definition) is 5. The fraction of sp³-hybridized carbons (Fsp3) is 0.0588. The van der Waals surface area contributed by atoms with Crippen LogP contribution in [-0.2, 0) is 4.74 Å². The van der Waals surface area contributed by atoms with Gasteiger partial charge in [-0.05, 0) is 17.7 Å². The Balaban J connectivity index is 2.18. The molecule has 0 unspecified atom stereocenters. The van der Waals surface area contributed by atoms with Crippen LogP contribution < -0.4 is 0 Å². The molecular weight excluding hydrogens is 310 g/mol. The minimum absolute atomic E-state index is 0.0249. The Morgan fingerprint density at radius 3 is 2.33 bits per heavy atom. The normalized spacial score (nSPS) is 10.4. The van der Waals surface area contributed by atoms with Gasteiger partial charge in [0.2, 0.25) is 0 Å². The van der Waals surface area contributed by atoms with E-state index in [1.165, 1.54) is 19.2 Å². The van der Waals surface area contributed by atoms with Gasteiger partial charge < -0.3 is 4.74 Å². The summed E-state index contributed by atoms with van der Waals surface area (Å²) in [6.07, 6.45) is 0. The number of nitro groups is 1. The van der Waals surface area contributed by atoms with Crippen LogP contribution in [0.3, 0.4) is 0 Å². The molecule has 0 spiro atoms. The van der Waals surface area contributed by atoms with E-state index in [0.29, 0.717) is 16.8 Å². The van der Waals surface area contributed by atoms with E-state index >= 15 is 0 Å². The second kappa shape index (κ2) is 6.33. The molecule has 0 atom stereocenters. The summed E-state index contributed by atoms with van der Waals surface area (Å²) in [5.74, 6) is -0.557. The highest BCUT2D eigenvalue weighted by atomic mass is 16.6. The summed E-state index contributed by atoms with van der Waals surface area (Å²) < 4.78 is 4.79. The van der Waals surface area contributed by atoms with Crippen LogP contribution in [0.15, 0.2) is 54.6 Å². The van der Waals surface area contributed by atoms with Crippen LogP contribution in [0, 0.1) is 10.1 Å². The fourth-order valence-electron chi connectivity index (χ4n) is 2.43. The molecule has 24 heavy (non-hydrogen) atoms. The fourth-order valence-corrected chi connectivity index (χ4v) is 2.43. The molecule has 1 heterocycles. The summed E-state index contributed by atoms with van der Waals surface area (Å²) in [5.41, 5.74) is 2.74. The van der Waals surface area contributed by atoms with E-state index in [4.69, 9.17) is 4.74 Å². The number of nitrogens with one attached hydrogen (secondary N) is 1. The first-order chi connectivity index (χ1) is 11.6. The molecule has 2 aromatic carbocycles. The minimum Gasteiger partial charge on any atom is -0.464 e. The van der Waals surface area contributed by atoms with Crippen molar-refractivity contribution in [1.29, 1.82) is 0 Å². The number of H-pyrrole nitrogens is 1. The Morgan fingerprint density at radius 2 is 1.75 bits per heavy atom.